The first-order valence-corrected chi connectivity index (χ1v) is 6.34. The number of nitrogens with zero attached hydrogens (tertiary/aromatic N) is 1. The van der Waals surface area contributed by atoms with E-state index in [2.05, 4.69) is 0 Å². The van der Waals surface area contributed by atoms with Gasteiger partial charge in [-0.1, -0.05) is 30.3 Å². The quantitative estimate of drug-likeness (QED) is 0.877. The van der Waals surface area contributed by atoms with E-state index in [9.17, 15) is 4.79 Å². The van der Waals surface area contributed by atoms with E-state index < -0.39 is 5.97 Å². The van der Waals surface area contributed by atoms with Crippen molar-refractivity contribution in [3.8, 4) is 5.75 Å². The Labute approximate surface area is 118 Å². The molecule has 104 valence electrons. The lowest BCUT2D eigenvalue weighted by atomic mass is 10.2. The van der Waals surface area contributed by atoms with Crippen LogP contribution in [0, 0.1) is 0 Å². The molecule has 0 aliphatic rings. The van der Waals surface area contributed by atoms with Gasteiger partial charge in [0.25, 0.3) is 0 Å². The number of aliphatic carboxylic acids is 1. The number of methoxy groups -OCH3 is 1. The van der Waals surface area contributed by atoms with Gasteiger partial charge in [0.15, 0.2) is 0 Å². The minimum absolute atomic E-state index is 0.0405. The van der Waals surface area contributed by atoms with Gasteiger partial charge in [-0.15, -0.1) is 0 Å². The topological polar surface area (TPSA) is 49.8 Å². The van der Waals surface area contributed by atoms with Crippen LogP contribution in [0.3, 0.4) is 0 Å². The lowest BCUT2D eigenvalue weighted by Crippen LogP contribution is -2.29. The molecule has 1 N–H and O–H groups in total. The van der Waals surface area contributed by atoms with Gasteiger partial charge in [-0.25, -0.2) is 0 Å². The van der Waals surface area contributed by atoms with E-state index in [4.69, 9.17) is 9.84 Å². The maximum absolute atomic E-state index is 11.0. The predicted molar refractivity (Wildman–Crippen MR) is 78.1 cm³/mol. The maximum atomic E-state index is 11.0. The van der Waals surface area contributed by atoms with Crippen molar-refractivity contribution in [2.24, 2.45) is 0 Å². The number of rotatable bonds is 6. The van der Waals surface area contributed by atoms with Gasteiger partial charge in [0.05, 0.1) is 7.11 Å². The Bertz CT molecular complexity index is 552. The number of ether oxygens (including phenoxy) is 1. The molecule has 0 unspecified atom stereocenters. The fraction of sp³-hybridized carbons (Fsp3) is 0.188. The summed E-state index contributed by atoms with van der Waals surface area (Å²) in [6.07, 6.45) is 0. The maximum Gasteiger partial charge on any atom is 0.323 e. The number of benzene rings is 2. The molecule has 0 saturated carbocycles. The van der Waals surface area contributed by atoms with E-state index in [0.29, 0.717) is 6.54 Å². The number of hydrogen-bond donors (Lipinski definition) is 1. The highest BCUT2D eigenvalue weighted by Crippen LogP contribution is 2.21. The van der Waals surface area contributed by atoms with Gasteiger partial charge in [-0.05, 0) is 29.8 Å². The molecule has 0 radical (unpaired) electrons. The van der Waals surface area contributed by atoms with Gasteiger partial charge < -0.3 is 14.7 Å². The molecular weight excluding hydrogens is 254 g/mol. The van der Waals surface area contributed by atoms with Gasteiger partial charge in [-0.2, -0.15) is 0 Å². The molecule has 2 aromatic rings. The van der Waals surface area contributed by atoms with Crippen LogP contribution >= 0.6 is 0 Å². The normalized spacial score (nSPS) is 10.1. The van der Waals surface area contributed by atoms with E-state index in [1.165, 1.54) is 0 Å². The van der Waals surface area contributed by atoms with E-state index >= 15 is 0 Å². The van der Waals surface area contributed by atoms with Gasteiger partial charge in [0.1, 0.15) is 12.3 Å². The van der Waals surface area contributed by atoms with Crippen molar-refractivity contribution in [3.63, 3.8) is 0 Å². The van der Waals surface area contributed by atoms with Gasteiger partial charge in [0.2, 0.25) is 0 Å². The number of carboxylic acids is 1. The van der Waals surface area contributed by atoms with Crippen molar-refractivity contribution in [3.05, 3.63) is 60.2 Å². The van der Waals surface area contributed by atoms with Crippen LogP contribution in [0.2, 0.25) is 0 Å². The Morgan fingerprint density at radius 2 is 1.75 bits per heavy atom. The summed E-state index contributed by atoms with van der Waals surface area (Å²) in [5, 5.41) is 9.06. The highest BCUT2D eigenvalue weighted by atomic mass is 16.5. The van der Waals surface area contributed by atoms with Crippen LogP contribution in [0.4, 0.5) is 5.69 Å². The summed E-state index contributed by atoms with van der Waals surface area (Å²) in [7, 11) is 1.61. The van der Waals surface area contributed by atoms with Crippen LogP contribution in [0.1, 0.15) is 5.56 Å². The molecule has 0 atom stereocenters. The van der Waals surface area contributed by atoms with Crippen LogP contribution < -0.4 is 9.64 Å². The van der Waals surface area contributed by atoms with Crippen molar-refractivity contribution < 1.29 is 14.6 Å². The fourth-order valence-electron chi connectivity index (χ4n) is 2.00. The highest BCUT2D eigenvalue weighted by Gasteiger charge is 2.11. The Kier molecular flexibility index (Phi) is 4.60. The summed E-state index contributed by atoms with van der Waals surface area (Å²) in [5.74, 6) is -0.0968. The SMILES string of the molecule is COc1ccc(N(CC(=O)O)Cc2ccccc2)cc1. The van der Waals surface area contributed by atoms with Gasteiger partial charge in [-0.3, -0.25) is 4.79 Å². The first-order valence-electron chi connectivity index (χ1n) is 6.34. The van der Waals surface area contributed by atoms with E-state index in [0.717, 1.165) is 17.0 Å². The number of carboxylic acid groups (broad SMARTS) is 1. The molecule has 0 aromatic heterocycles. The van der Waals surface area contributed by atoms with Crippen LogP contribution in [0.5, 0.6) is 5.75 Å². The zero-order valence-electron chi connectivity index (χ0n) is 11.3. The third-order valence-electron chi connectivity index (χ3n) is 2.98. The Morgan fingerprint density at radius 3 is 2.30 bits per heavy atom. The third-order valence-corrected chi connectivity index (χ3v) is 2.98. The van der Waals surface area contributed by atoms with E-state index in [1.807, 2.05) is 59.5 Å². The molecular formula is C16H17NO3. The predicted octanol–water partition coefficient (Wildman–Crippen LogP) is 2.79. The Hall–Kier alpha value is -2.49. The average molecular weight is 271 g/mol. The first-order chi connectivity index (χ1) is 9.69. The smallest absolute Gasteiger partial charge is 0.323 e. The lowest BCUT2D eigenvalue weighted by molar-refractivity contribution is -0.135. The van der Waals surface area contributed by atoms with Gasteiger partial charge in [0, 0.05) is 12.2 Å². The van der Waals surface area contributed by atoms with E-state index in [1.54, 1.807) is 7.11 Å². The molecule has 0 heterocycles. The third kappa shape index (κ3) is 3.75. The minimum atomic E-state index is -0.850. The molecule has 4 nitrogen and oxygen atoms in total. The second-order valence-electron chi connectivity index (χ2n) is 4.43. The summed E-state index contributed by atoms with van der Waals surface area (Å²) in [6, 6.07) is 17.2. The summed E-state index contributed by atoms with van der Waals surface area (Å²) in [6.45, 7) is 0.515. The molecule has 0 spiro atoms. The minimum Gasteiger partial charge on any atom is -0.497 e. The summed E-state index contributed by atoms with van der Waals surface area (Å²) < 4.78 is 5.11. The number of hydrogen-bond acceptors (Lipinski definition) is 3. The highest BCUT2D eigenvalue weighted by molar-refractivity contribution is 5.73. The van der Waals surface area contributed by atoms with E-state index in [-0.39, 0.29) is 6.54 Å². The molecule has 0 bridgehead atoms. The van der Waals surface area contributed by atoms with Crippen molar-refractivity contribution in [2.45, 2.75) is 6.54 Å². The zero-order valence-corrected chi connectivity index (χ0v) is 11.3. The fourth-order valence-corrected chi connectivity index (χ4v) is 2.00. The molecule has 0 saturated heterocycles. The molecule has 0 aliphatic heterocycles. The second kappa shape index (κ2) is 6.61. The van der Waals surface area contributed by atoms with Crippen LogP contribution in [-0.4, -0.2) is 24.7 Å². The van der Waals surface area contributed by atoms with Crippen molar-refractivity contribution in [2.75, 3.05) is 18.6 Å². The average Bonchev–Trinajstić information content (AvgIpc) is 2.47. The van der Waals surface area contributed by atoms with Crippen molar-refractivity contribution in [1.29, 1.82) is 0 Å². The molecule has 2 aromatic carbocycles. The van der Waals surface area contributed by atoms with Crippen LogP contribution in [0.15, 0.2) is 54.6 Å². The zero-order chi connectivity index (χ0) is 14.4. The summed E-state index contributed by atoms with van der Waals surface area (Å²) >= 11 is 0. The molecule has 2 rings (SSSR count). The monoisotopic (exact) mass is 271 g/mol. The molecule has 0 fully saturated rings. The van der Waals surface area contributed by atoms with Crippen LogP contribution in [-0.2, 0) is 11.3 Å². The van der Waals surface area contributed by atoms with Crippen molar-refractivity contribution >= 4 is 11.7 Å². The van der Waals surface area contributed by atoms with Gasteiger partial charge >= 0.3 is 5.97 Å². The number of carbonyl (C=O) groups is 1. The largest absolute Gasteiger partial charge is 0.497 e. The molecule has 4 heteroatoms. The first kappa shape index (κ1) is 13.9. The second-order valence-corrected chi connectivity index (χ2v) is 4.43. The molecule has 0 amide bonds. The van der Waals surface area contributed by atoms with Crippen molar-refractivity contribution in [1.82, 2.24) is 0 Å². The Balaban J connectivity index is 2.19. The Morgan fingerprint density at radius 1 is 1.10 bits per heavy atom. The standard InChI is InChI=1S/C16H17NO3/c1-20-15-9-7-14(8-10-15)17(12-16(18)19)11-13-5-3-2-4-6-13/h2-10H,11-12H2,1H3,(H,18,19). The summed E-state index contributed by atoms with van der Waals surface area (Å²) in [4.78, 5) is 12.8. The molecule has 0 aliphatic carbocycles. The molecule has 20 heavy (non-hydrogen) atoms. The summed E-state index contributed by atoms with van der Waals surface area (Å²) in [5.41, 5.74) is 1.93. The van der Waals surface area contributed by atoms with Crippen LogP contribution in [0.25, 0.3) is 0 Å². The lowest BCUT2D eigenvalue weighted by Gasteiger charge is -2.23. The number of anilines is 1.